The van der Waals surface area contributed by atoms with Crippen LogP contribution in [0.15, 0.2) is 11.1 Å². The maximum Gasteiger partial charge on any atom is 0.276 e. The molecule has 5 N–H and O–H groups in total. The molecule has 2 rings (SSSR count). The normalized spacial score (nSPS) is 13.2. The van der Waals surface area contributed by atoms with Gasteiger partial charge in [-0.05, 0) is 0 Å². The number of hydrogen-bond acceptors (Lipinski definition) is 7. The summed E-state index contributed by atoms with van der Waals surface area (Å²) in [6, 6.07) is 0. The molecule has 0 unspecified atom stereocenters. The lowest BCUT2D eigenvalue weighted by Crippen LogP contribution is -2.36. The quantitative estimate of drug-likeness (QED) is 0.388. The summed E-state index contributed by atoms with van der Waals surface area (Å²) in [5, 5.41) is 34.0. The zero-order valence-electron chi connectivity index (χ0n) is 10.8. The summed E-state index contributed by atoms with van der Waals surface area (Å²) in [6.45, 7) is 0.354. The predicted molar refractivity (Wildman–Crippen MR) is 70.0 cm³/mol. The Balaban J connectivity index is 2.20. The molecule has 0 spiro atoms. The lowest BCUT2D eigenvalue weighted by Gasteiger charge is -2.22. The van der Waals surface area contributed by atoms with E-state index in [1.54, 1.807) is 4.90 Å². The second-order valence-corrected chi connectivity index (χ2v) is 4.42. The summed E-state index contributed by atoms with van der Waals surface area (Å²) in [4.78, 5) is 19.8. The summed E-state index contributed by atoms with van der Waals surface area (Å²) in [5.41, 5.74) is 0.979. The molecule has 2 aromatic heterocycles. The van der Waals surface area contributed by atoms with Gasteiger partial charge in [0.15, 0.2) is 0 Å². The van der Waals surface area contributed by atoms with Crippen LogP contribution in [-0.2, 0) is 6.54 Å². The van der Waals surface area contributed by atoms with E-state index in [-0.39, 0.29) is 30.8 Å². The van der Waals surface area contributed by atoms with Gasteiger partial charge in [0.05, 0.1) is 25.6 Å². The molecule has 0 aliphatic rings. The maximum atomic E-state index is 11.5. The highest BCUT2D eigenvalue weighted by Gasteiger charge is 2.16. The molecule has 0 saturated heterocycles. The van der Waals surface area contributed by atoms with E-state index in [9.17, 15) is 9.90 Å². The Labute approximate surface area is 113 Å². The molecule has 9 heteroatoms. The molecule has 2 heterocycles. The van der Waals surface area contributed by atoms with Crippen LogP contribution >= 0.6 is 0 Å². The topological polar surface area (TPSA) is 138 Å². The van der Waals surface area contributed by atoms with Gasteiger partial charge in [-0.15, -0.1) is 0 Å². The fourth-order valence-electron chi connectivity index (χ4n) is 1.95. The van der Waals surface area contributed by atoms with Crippen LogP contribution in [0.1, 0.15) is 5.69 Å². The van der Waals surface area contributed by atoms with Crippen molar-refractivity contribution in [2.45, 2.75) is 12.6 Å². The Morgan fingerprint density at radius 1 is 1.40 bits per heavy atom. The molecule has 0 amide bonds. The molecule has 1 atom stereocenters. The first kappa shape index (κ1) is 14.6. The fourth-order valence-corrected chi connectivity index (χ4v) is 1.95. The zero-order chi connectivity index (χ0) is 14.5. The van der Waals surface area contributed by atoms with Gasteiger partial charge >= 0.3 is 0 Å². The summed E-state index contributed by atoms with van der Waals surface area (Å²) in [7, 11) is 0. The number of aliphatic hydroxyl groups excluding tert-OH is 3. The molecular weight excluding hydrogens is 266 g/mol. The van der Waals surface area contributed by atoms with E-state index < -0.39 is 6.10 Å². The number of rotatable bonds is 7. The highest BCUT2D eigenvalue weighted by molar-refractivity contribution is 5.75. The molecule has 0 aromatic carbocycles. The average molecular weight is 283 g/mol. The summed E-state index contributed by atoms with van der Waals surface area (Å²) >= 11 is 0. The van der Waals surface area contributed by atoms with Crippen LogP contribution in [0.2, 0.25) is 0 Å². The van der Waals surface area contributed by atoms with Gasteiger partial charge in [0.25, 0.3) is 5.56 Å². The van der Waals surface area contributed by atoms with Crippen LogP contribution in [0.5, 0.6) is 0 Å². The number of aromatic nitrogens is 4. The molecule has 2 aromatic rings. The maximum absolute atomic E-state index is 11.5. The first-order valence-electron chi connectivity index (χ1n) is 6.18. The third kappa shape index (κ3) is 3.20. The van der Waals surface area contributed by atoms with Crippen LogP contribution in [-0.4, -0.2) is 72.8 Å². The number of aliphatic hydroxyl groups is 3. The molecule has 20 heavy (non-hydrogen) atoms. The first-order chi connectivity index (χ1) is 9.65. The minimum Gasteiger partial charge on any atom is -0.395 e. The number of H-pyrrole nitrogens is 2. The van der Waals surface area contributed by atoms with Crippen molar-refractivity contribution in [2.75, 3.05) is 26.3 Å². The van der Waals surface area contributed by atoms with Crippen molar-refractivity contribution in [1.82, 2.24) is 25.1 Å². The Morgan fingerprint density at radius 2 is 2.20 bits per heavy atom. The van der Waals surface area contributed by atoms with E-state index >= 15 is 0 Å². The fraction of sp³-hybridized carbons (Fsp3) is 0.545. The van der Waals surface area contributed by atoms with Crippen molar-refractivity contribution >= 4 is 11.0 Å². The van der Waals surface area contributed by atoms with Crippen LogP contribution in [0, 0.1) is 0 Å². The highest BCUT2D eigenvalue weighted by Crippen LogP contribution is 2.11. The Kier molecular flexibility index (Phi) is 4.79. The number of fused-ring (bicyclic) bond motifs is 1. The smallest absolute Gasteiger partial charge is 0.276 e. The van der Waals surface area contributed by atoms with E-state index in [0.717, 1.165) is 0 Å². The van der Waals surface area contributed by atoms with Crippen molar-refractivity contribution in [3.05, 3.63) is 22.4 Å². The van der Waals surface area contributed by atoms with Crippen LogP contribution in [0.25, 0.3) is 11.0 Å². The van der Waals surface area contributed by atoms with Gasteiger partial charge in [0.2, 0.25) is 0 Å². The van der Waals surface area contributed by atoms with Gasteiger partial charge in [-0.25, -0.2) is 4.98 Å². The van der Waals surface area contributed by atoms with Gasteiger partial charge in [0.1, 0.15) is 16.7 Å². The van der Waals surface area contributed by atoms with E-state index in [4.69, 9.17) is 10.2 Å². The van der Waals surface area contributed by atoms with Crippen molar-refractivity contribution < 1.29 is 15.3 Å². The number of aromatic amines is 2. The third-order valence-corrected chi connectivity index (χ3v) is 2.90. The molecule has 0 fully saturated rings. The molecule has 0 aliphatic heterocycles. The van der Waals surface area contributed by atoms with E-state index in [1.807, 2.05) is 0 Å². The summed E-state index contributed by atoms with van der Waals surface area (Å²) in [5.74, 6) is 0. The minimum atomic E-state index is -0.900. The predicted octanol–water partition coefficient (Wildman–Crippen LogP) is -2.21. The van der Waals surface area contributed by atoms with Crippen molar-refractivity contribution in [3.63, 3.8) is 0 Å². The van der Waals surface area contributed by atoms with Crippen LogP contribution < -0.4 is 5.56 Å². The molecule has 0 bridgehead atoms. The highest BCUT2D eigenvalue weighted by atomic mass is 16.3. The molecule has 110 valence electrons. The Hall–Kier alpha value is -1.81. The zero-order valence-corrected chi connectivity index (χ0v) is 10.8. The molecular formula is C11H17N5O4. The Morgan fingerprint density at radius 3 is 2.90 bits per heavy atom. The summed E-state index contributed by atoms with van der Waals surface area (Å²) < 4.78 is 0. The van der Waals surface area contributed by atoms with E-state index in [0.29, 0.717) is 24.3 Å². The van der Waals surface area contributed by atoms with Crippen LogP contribution in [0.3, 0.4) is 0 Å². The molecule has 0 saturated carbocycles. The number of nitrogens with zero attached hydrogens (tertiary/aromatic N) is 3. The third-order valence-electron chi connectivity index (χ3n) is 2.90. The van der Waals surface area contributed by atoms with Gasteiger partial charge in [-0.1, -0.05) is 0 Å². The average Bonchev–Trinajstić information content (AvgIpc) is 2.83. The van der Waals surface area contributed by atoms with Gasteiger partial charge in [-0.2, -0.15) is 5.10 Å². The van der Waals surface area contributed by atoms with E-state index in [1.165, 1.54) is 6.33 Å². The van der Waals surface area contributed by atoms with Crippen molar-refractivity contribution in [2.24, 2.45) is 0 Å². The van der Waals surface area contributed by atoms with Crippen LogP contribution in [0.4, 0.5) is 0 Å². The van der Waals surface area contributed by atoms with Gasteiger partial charge in [-0.3, -0.25) is 14.8 Å². The van der Waals surface area contributed by atoms with Crippen molar-refractivity contribution in [3.8, 4) is 0 Å². The first-order valence-corrected chi connectivity index (χ1v) is 6.18. The summed E-state index contributed by atoms with van der Waals surface area (Å²) in [6.07, 6.45) is 0.394. The van der Waals surface area contributed by atoms with Crippen molar-refractivity contribution in [1.29, 1.82) is 0 Å². The van der Waals surface area contributed by atoms with E-state index in [2.05, 4.69) is 20.2 Å². The van der Waals surface area contributed by atoms with Gasteiger partial charge in [0, 0.05) is 19.6 Å². The Bertz CT molecular complexity index is 610. The number of nitrogens with one attached hydrogen (secondary N) is 2. The monoisotopic (exact) mass is 283 g/mol. The lowest BCUT2D eigenvalue weighted by molar-refractivity contribution is 0.0507. The largest absolute Gasteiger partial charge is 0.395 e. The standard InChI is InChI=1S/C11H17N5O4/c17-2-1-16(3-7(19)5-18)4-8-9-10(15-14-8)11(20)13-6-12-9/h6-7,17-19H,1-5H2,(H,14,15)(H,12,13,20)/t7-/m1/s1. The minimum absolute atomic E-state index is 0.0888. The molecule has 0 aliphatic carbocycles. The second-order valence-electron chi connectivity index (χ2n) is 4.42. The lowest BCUT2D eigenvalue weighted by atomic mass is 10.3. The number of hydrogen-bond donors (Lipinski definition) is 5. The molecule has 0 radical (unpaired) electrons. The SMILES string of the molecule is O=c1[nH]cnc2c(CN(CCO)C[C@@H](O)CO)n[nH]c12. The molecule has 9 nitrogen and oxygen atoms in total. The van der Waals surface area contributed by atoms with Gasteiger partial charge < -0.3 is 20.3 Å². The second kappa shape index (κ2) is 6.57.